The molecule has 13 heteroatoms. The second-order valence-corrected chi connectivity index (χ2v) is 9.17. The number of azo groups is 1. The van der Waals surface area contributed by atoms with Gasteiger partial charge in [-0.1, -0.05) is 54.1 Å². The number of para-hydroxylation sites is 1. The number of aliphatic imine (C=N–C) groups is 1. The molecule has 1 heterocycles. The number of carbonyl (C=O) groups excluding carboxylic acids is 1. The summed E-state index contributed by atoms with van der Waals surface area (Å²) in [5, 5.41) is 25.9. The van der Waals surface area contributed by atoms with E-state index in [-0.39, 0.29) is 62.8 Å². The Kier molecular flexibility index (Phi) is 9.30. The van der Waals surface area contributed by atoms with Crippen LogP contribution in [0.4, 0.5) is 17.1 Å². The van der Waals surface area contributed by atoms with E-state index in [2.05, 4.69) is 20.3 Å². The van der Waals surface area contributed by atoms with Crippen molar-refractivity contribution >= 4 is 56.3 Å². The van der Waals surface area contributed by atoms with Crippen molar-refractivity contribution in [2.45, 2.75) is 17.9 Å². The van der Waals surface area contributed by atoms with E-state index >= 15 is 0 Å². The molecule has 0 radical (unpaired) electrons. The minimum absolute atomic E-state index is 0. The topological polar surface area (TPSA) is 147 Å². The van der Waals surface area contributed by atoms with Crippen molar-refractivity contribution in [2.24, 2.45) is 20.3 Å². The zero-order valence-corrected chi connectivity index (χ0v) is 23.8. The molecule has 1 N–H and O–H groups in total. The standard InChI is InChI=1S/C23H18ClN5O5S.K/c1-14-21(23(31)29(28-14)19-10-6-5-9-17(19)24)27-26-18-13-16(11-12-20(18)35(32,33)34)25-22(30)15-7-3-2-4-8-15;/h2-13,21H,1H3,(H,25,30)(H,32,33,34);/q;+1/p-1. The second-order valence-electron chi connectivity index (χ2n) is 7.37. The largest absolute Gasteiger partial charge is 1.00 e. The van der Waals surface area contributed by atoms with E-state index in [1.165, 1.54) is 12.1 Å². The Morgan fingerprint density at radius 1 is 1.08 bits per heavy atom. The molecule has 4 rings (SSSR count). The first-order valence-electron chi connectivity index (χ1n) is 10.1. The van der Waals surface area contributed by atoms with Gasteiger partial charge in [0.25, 0.3) is 16.0 Å². The van der Waals surface area contributed by atoms with Crippen LogP contribution in [0.5, 0.6) is 0 Å². The summed E-state index contributed by atoms with van der Waals surface area (Å²) in [6, 6.07) is 17.2. The Bertz CT molecular complexity index is 1500. The Morgan fingerprint density at radius 3 is 2.42 bits per heavy atom. The average molecular weight is 550 g/mol. The number of amides is 1. The Labute approximate surface area is 254 Å². The maximum atomic E-state index is 12.9. The number of anilines is 1. The number of halogens is 1. The van der Waals surface area contributed by atoms with E-state index in [9.17, 15) is 22.9 Å². The van der Waals surface area contributed by atoms with Gasteiger partial charge in [-0.05, 0) is 48.7 Å². The van der Waals surface area contributed by atoms with Gasteiger partial charge >= 0.3 is 51.4 Å². The molecule has 178 valence electrons. The molecule has 1 unspecified atom stereocenters. The van der Waals surface area contributed by atoms with Crippen LogP contribution < -0.4 is 61.5 Å². The number of nitrogens with zero attached hydrogens (tertiary/aromatic N) is 5. The summed E-state index contributed by atoms with van der Waals surface area (Å²) < 4.78 is 33.3. The van der Waals surface area contributed by atoms with Gasteiger partial charge in [-0.2, -0.15) is 28.8 Å². The molecule has 0 aromatic heterocycles. The third-order valence-electron chi connectivity index (χ3n) is 4.93. The quantitative estimate of drug-likeness (QED) is 0.159. The minimum Gasteiger partial charge on any atom is -0.858 e. The van der Waals surface area contributed by atoms with E-state index in [0.29, 0.717) is 22.0 Å². The normalized spacial score (nSPS) is 16.2. The zero-order chi connectivity index (χ0) is 25.2. The summed E-state index contributed by atoms with van der Waals surface area (Å²) in [6.07, 6.45) is 0. The molecular formula is C23H17ClKN5O5S. The molecular weight excluding hydrogens is 533 g/mol. The minimum atomic E-state index is -4.69. The maximum absolute atomic E-state index is 12.9. The fourth-order valence-corrected chi connectivity index (χ4v) is 4.06. The van der Waals surface area contributed by atoms with Crippen LogP contribution in [0.15, 0.2) is 98.0 Å². The van der Waals surface area contributed by atoms with Gasteiger partial charge in [0.15, 0.2) is 6.04 Å². The molecule has 0 saturated carbocycles. The number of benzene rings is 3. The monoisotopic (exact) mass is 549 g/mol. The van der Waals surface area contributed by atoms with E-state index in [1.807, 2.05) is 0 Å². The van der Waals surface area contributed by atoms with Gasteiger partial charge in [-0.3, -0.25) is 14.3 Å². The van der Waals surface area contributed by atoms with E-state index < -0.39 is 32.9 Å². The van der Waals surface area contributed by atoms with Gasteiger partial charge < -0.3 is 5.11 Å². The molecule has 0 saturated heterocycles. The predicted octanol–water partition coefficient (Wildman–Crippen LogP) is 0.904. The van der Waals surface area contributed by atoms with Gasteiger partial charge in [0.2, 0.25) is 0 Å². The molecule has 0 fully saturated rings. The van der Waals surface area contributed by atoms with Crippen molar-refractivity contribution in [1.82, 2.24) is 0 Å². The summed E-state index contributed by atoms with van der Waals surface area (Å²) in [4.78, 5) is 16.3. The number of hydrazone groups is 1. The first-order chi connectivity index (χ1) is 16.6. The van der Waals surface area contributed by atoms with Gasteiger partial charge in [-0.25, -0.2) is 0 Å². The molecule has 36 heavy (non-hydrogen) atoms. The van der Waals surface area contributed by atoms with Gasteiger partial charge in [-0.15, -0.1) is 0 Å². The van der Waals surface area contributed by atoms with Crippen molar-refractivity contribution in [2.75, 3.05) is 5.01 Å². The first-order valence-corrected chi connectivity index (χ1v) is 11.9. The van der Waals surface area contributed by atoms with Crippen molar-refractivity contribution < 1.29 is 74.3 Å². The van der Waals surface area contributed by atoms with Crippen molar-refractivity contribution in [1.29, 1.82) is 0 Å². The molecule has 1 aliphatic heterocycles. The number of hydrogen-bond donors (Lipinski definition) is 1. The summed E-state index contributed by atoms with van der Waals surface area (Å²) in [7, 11) is -4.69. The van der Waals surface area contributed by atoms with E-state index in [0.717, 1.165) is 11.1 Å². The zero-order valence-electron chi connectivity index (χ0n) is 19.1. The van der Waals surface area contributed by atoms with Crippen LogP contribution in [0.25, 0.3) is 0 Å². The predicted molar refractivity (Wildman–Crippen MR) is 129 cm³/mol. The third kappa shape index (κ3) is 6.33. The smallest absolute Gasteiger partial charge is 0.858 e. The van der Waals surface area contributed by atoms with Crippen molar-refractivity contribution in [3.63, 3.8) is 0 Å². The fourth-order valence-electron chi connectivity index (χ4n) is 3.24. The van der Waals surface area contributed by atoms with Crippen molar-refractivity contribution in [3.05, 3.63) is 83.4 Å². The molecule has 1 amide bonds. The Morgan fingerprint density at radius 2 is 1.75 bits per heavy atom. The van der Waals surface area contributed by atoms with E-state index in [1.54, 1.807) is 61.5 Å². The summed E-state index contributed by atoms with van der Waals surface area (Å²) >= 11 is 6.16. The molecule has 0 bridgehead atoms. The van der Waals surface area contributed by atoms with Gasteiger partial charge in [0, 0.05) is 0 Å². The van der Waals surface area contributed by atoms with Crippen LogP contribution >= 0.6 is 11.6 Å². The molecule has 0 aliphatic carbocycles. The second kappa shape index (κ2) is 11.8. The average Bonchev–Trinajstić information content (AvgIpc) is 3.10. The van der Waals surface area contributed by atoms with Crippen LogP contribution in [0.3, 0.4) is 0 Å². The molecule has 1 aliphatic rings. The van der Waals surface area contributed by atoms with Crippen LogP contribution in [-0.4, -0.2) is 36.5 Å². The van der Waals surface area contributed by atoms with Gasteiger partial charge in [0.05, 0.1) is 22.1 Å². The van der Waals surface area contributed by atoms with E-state index in [4.69, 9.17) is 11.6 Å². The Balaban J connectivity index is 0.00000361. The third-order valence-corrected chi connectivity index (χ3v) is 6.15. The van der Waals surface area contributed by atoms with Crippen molar-refractivity contribution in [3.8, 4) is 0 Å². The van der Waals surface area contributed by atoms with Gasteiger partial charge in [0.1, 0.15) is 10.6 Å². The van der Waals surface area contributed by atoms with Crippen LogP contribution in [-0.2, 0) is 14.9 Å². The van der Waals surface area contributed by atoms with Crippen LogP contribution in [0.1, 0.15) is 12.5 Å². The fraction of sp³-hybridized carbons (Fsp3) is 0.0870. The molecule has 3 aromatic carbocycles. The number of rotatable bonds is 6. The summed E-state index contributed by atoms with van der Waals surface area (Å²) in [5.74, 6) is -1.11. The number of hydrogen-bond acceptors (Lipinski definition) is 8. The first kappa shape index (κ1) is 28.3. The SMILES string of the molecule is CC1=NN(c2ccccc2Cl)C(=O)C1N=Nc1cc(N=C([O-])c2ccccc2)ccc1S(=O)(=O)O.[K+]. The Hall–Kier alpha value is -2.29. The summed E-state index contributed by atoms with van der Waals surface area (Å²) in [5.41, 5.74) is 0.771. The number of carbonyl (C=O) groups is 1. The molecule has 3 aromatic rings. The molecule has 0 spiro atoms. The molecule has 10 nitrogen and oxygen atoms in total. The van der Waals surface area contributed by atoms with Crippen LogP contribution in [0.2, 0.25) is 5.02 Å². The molecule has 1 atom stereocenters. The summed E-state index contributed by atoms with van der Waals surface area (Å²) in [6.45, 7) is 1.56. The van der Waals surface area contributed by atoms with Crippen LogP contribution in [0, 0.1) is 0 Å². The maximum Gasteiger partial charge on any atom is 1.00 e.